The fourth-order valence-electron chi connectivity index (χ4n) is 17.7. The van der Waals surface area contributed by atoms with E-state index in [9.17, 15) is 33.9 Å². The number of oxazole rings is 1. The van der Waals surface area contributed by atoms with Crippen molar-refractivity contribution in [2.24, 2.45) is 33.7 Å². The lowest BCUT2D eigenvalue weighted by atomic mass is 9.83. The first kappa shape index (κ1) is 92.1. The first-order valence-corrected chi connectivity index (χ1v) is 44.3. The number of hydrogen-bond donors (Lipinski definition) is 4. The predicted molar refractivity (Wildman–Crippen MR) is 475 cm³/mol. The van der Waals surface area contributed by atoms with Crippen LogP contribution in [-0.2, 0) is 67.2 Å². The predicted octanol–water partition coefficient (Wildman–Crippen LogP) is 11.0. The number of nitrogens with zero attached hydrogens (tertiary/aromatic N) is 14. The van der Waals surface area contributed by atoms with E-state index in [1.165, 1.54) is 16.8 Å². The van der Waals surface area contributed by atoms with Crippen molar-refractivity contribution in [2.75, 3.05) is 122 Å². The molecule has 30 nitrogen and oxygen atoms in total. The molecule has 6 aliphatic rings. The average Bonchev–Trinajstić information content (AvgIpc) is 1.61. The Morgan fingerprint density at radius 1 is 0.829 bits per heavy atom. The number of nitrogens with one attached hydrogen (secondary N) is 1. The first-order chi connectivity index (χ1) is 59.6. The van der Waals surface area contributed by atoms with Crippen LogP contribution in [0.3, 0.4) is 0 Å². The molecule has 0 spiro atoms. The van der Waals surface area contributed by atoms with Gasteiger partial charge in [0.1, 0.15) is 47.4 Å². The van der Waals surface area contributed by atoms with E-state index < -0.39 is 42.0 Å². The van der Waals surface area contributed by atoms with E-state index in [1.807, 2.05) is 84.8 Å². The number of amides is 3. The number of aliphatic hydroxyl groups is 1. The summed E-state index contributed by atoms with van der Waals surface area (Å²) in [6.07, 6.45) is 29.2. The van der Waals surface area contributed by atoms with Gasteiger partial charge in [-0.2, -0.15) is 10.1 Å². The number of carbonyl (C=O) groups is 6. The lowest BCUT2D eigenvalue weighted by Gasteiger charge is -2.36. The molecule has 4 fully saturated rings. The average molecular weight is 1690 g/mol. The van der Waals surface area contributed by atoms with E-state index in [-0.39, 0.29) is 79.1 Å². The molecule has 9 heterocycles. The second-order valence-electron chi connectivity index (χ2n) is 34.2. The molecule has 9 unspecified atom stereocenters. The molecule has 6 aromatic rings. The Balaban J connectivity index is 0.553. The van der Waals surface area contributed by atoms with Crippen LogP contribution in [-0.4, -0.2) is 256 Å². The number of ether oxygens (including phenoxy) is 5. The molecule has 662 valence electrons. The van der Waals surface area contributed by atoms with Crippen LogP contribution in [0.5, 0.6) is 0 Å². The number of piperazine rings is 1. The molecular formula is C93H127N17O13. The number of cyclic esters (lactones) is 1. The number of rotatable bonds is 26. The Bertz CT molecular complexity index is 4770. The van der Waals surface area contributed by atoms with Crippen LogP contribution < -0.4 is 21.7 Å². The number of aliphatic imine (C=N–C) groups is 2. The molecule has 5 aliphatic heterocycles. The lowest BCUT2D eigenvalue weighted by Crippen LogP contribution is -2.54. The summed E-state index contributed by atoms with van der Waals surface area (Å²) in [6, 6.07) is 11.0. The van der Waals surface area contributed by atoms with Crippen molar-refractivity contribution in [3.05, 3.63) is 137 Å². The number of nitrogen functional groups attached to an aromatic ring is 2. The monoisotopic (exact) mass is 1690 g/mol. The maximum absolute atomic E-state index is 14.5. The number of nitrogens with two attached hydrogens (primary N) is 2. The highest BCUT2D eigenvalue weighted by Gasteiger charge is 2.42. The summed E-state index contributed by atoms with van der Waals surface area (Å²) >= 11 is 0. The van der Waals surface area contributed by atoms with Crippen molar-refractivity contribution in [1.82, 2.24) is 59.6 Å². The molecule has 6 N–H and O–H groups in total. The molecule has 1 saturated carbocycles. The number of Topliss-reactive ketones (excluding diaryl/α,β-unsaturated/α-hetero) is 2. The molecule has 123 heavy (non-hydrogen) atoms. The molecule has 2 bridgehead atoms. The molecule has 3 saturated heterocycles. The van der Waals surface area contributed by atoms with Gasteiger partial charge in [0.15, 0.2) is 11.2 Å². The third-order valence-corrected chi connectivity index (χ3v) is 25.0. The van der Waals surface area contributed by atoms with Crippen molar-refractivity contribution in [1.29, 1.82) is 0 Å². The summed E-state index contributed by atoms with van der Waals surface area (Å²) in [5, 5.41) is 20.1. The summed E-state index contributed by atoms with van der Waals surface area (Å²) in [4.78, 5) is 125. The van der Waals surface area contributed by atoms with Crippen LogP contribution in [0.4, 0.5) is 17.8 Å². The second-order valence-corrected chi connectivity index (χ2v) is 34.2. The molecule has 3 amide bonds. The Hall–Kier alpha value is -10.1. The fraction of sp³-hybridized carbons (Fsp3) is 0.570. The van der Waals surface area contributed by atoms with Crippen LogP contribution in [0.15, 0.2) is 129 Å². The van der Waals surface area contributed by atoms with E-state index in [0.29, 0.717) is 207 Å². The van der Waals surface area contributed by atoms with Gasteiger partial charge in [0.2, 0.25) is 17.6 Å². The van der Waals surface area contributed by atoms with Gasteiger partial charge in [-0.3, -0.25) is 38.9 Å². The zero-order valence-corrected chi connectivity index (χ0v) is 72.9. The number of carbonyl (C=O) groups excluding carboxylic acids is 6. The number of piperidine rings is 1. The highest BCUT2D eigenvalue weighted by molar-refractivity contribution is 6.38. The van der Waals surface area contributed by atoms with Crippen LogP contribution in [0.2, 0.25) is 0 Å². The van der Waals surface area contributed by atoms with E-state index in [0.717, 1.165) is 85.0 Å². The van der Waals surface area contributed by atoms with E-state index >= 15 is 0 Å². The van der Waals surface area contributed by atoms with Crippen molar-refractivity contribution in [2.45, 2.75) is 212 Å². The number of ketones is 2. The Kier molecular flexibility index (Phi) is 34.1. The number of benzene rings is 2. The molecule has 2 aromatic carbocycles. The summed E-state index contributed by atoms with van der Waals surface area (Å²) < 4.78 is 38.7. The van der Waals surface area contributed by atoms with Gasteiger partial charge in [-0.1, -0.05) is 75.4 Å². The maximum Gasteiger partial charge on any atom is 0.329 e. The first-order valence-electron chi connectivity index (χ1n) is 44.3. The van der Waals surface area contributed by atoms with Crippen molar-refractivity contribution >= 4 is 88.1 Å². The molecule has 9 atom stereocenters. The lowest BCUT2D eigenvalue weighted by molar-refractivity contribution is -0.167. The Morgan fingerprint density at radius 3 is 2.43 bits per heavy atom. The summed E-state index contributed by atoms with van der Waals surface area (Å²) in [6.45, 7) is 22.1. The minimum absolute atomic E-state index is 0.00193. The van der Waals surface area contributed by atoms with Gasteiger partial charge in [-0.05, 0) is 194 Å². The minimum Gasteiger partial charge on any atom is -0.461 e. The number of anilines is 3. The molecular weight excluding hydrogens is 1560 g/mol. The Labute approximate surface area is 722 Å². The third kappa shape index (κ3) is 25.8. The van der Waals surface area contributed by atoms with Gasteiger partial charge >= 0.3 is 5.97 Å². The number of aliphatic hydroxyl groups excluding tert-OH is 1. The minimum atomic E-state index is -0.919. The molecule has 0 radical (unpaired) electrons. The van der Waals surface area contributed by atoms with Crippen LogP contribution in [0, 0.1) is 23.7 Å². The van der Waals surface area contributed by atoms with Gasteiger partial charge in [-0.25, -0.2) is 29.4 Å². The second kappa shape index (κ2) is 45.5. The van der Waals surface area contributed by atoms with E-state index in [2.05, 4.69) is 89.9 Å². The smallest absolute Gasteiger partial charge is 0.329 e. The number of aromatic nitrogens is 7. The number of likely N-dealkylation sites (N-methyl/N-ethyl adjacent to an activating group) is 1. The van der Waals surface area contributed by atoms with Crippen LogP contribution in [0.1, 0.15) is 177 Å². The molecule has 12 rings (SSSR count). The Morgan fingerprint density at radius 2 is 1.64 bits per heavy atom. The maximum atomic E-state index is 14.5. The third-order valence-electron chi connectivity index (χ3n) is 25.0. The number of fused-ring (bicyclic) bond motifs is 6. The van der Waals surface area contributed by atoms with Gasteiger partial charge in [0.25, 0.3) is 17.8 Å². The fourth-order valence-corrected chi connectivity index (χ4v) is 17.7. The van der Waals surface area contributed by atoms with Crippen LogP contribution >= 0.6 is 0 Å². The zero-order chi connectivity index (χ0) is 86.9. The largest absolute Gasteiger partial charge is 0.461 e. The van der Waals surface area contributed by atoms with Gasteiger partial charge < -0.3 is 69.6 Å². The van der Waals surface area contributed by atoms with Crippen LogP contribution in [0.25, 0.3) is 33.4 Å². The van der Waals surface area contributed by atoms with Crippen molar-refractivity contribution in [3.8, 4) is 11.3 Å². The van der Waals surface area contributed by atoms with E-state index in [1.54, 1.807) is 38.0 Å². The molecule has 1 aliphatic carbocycles. The van der Waals surface area contributed by atoms with Gasteiger partial charge in [0, 0.05) is 134 Å². The summed E-state index contributed by atoms with van der Waals surface area (Å²) in [7, 11) is 3.52. The SMILES string of the molecule is C=N/C=C(\C=N/CCN(CCNC)C(=O)CCOCCN1CCN(c2ncc(C(=O)N3CCc4cc(Cn5nc(-c6ccc7oc(N)nc7c6)c6c(N)ncnc65)ccc4C3)cn2)CC1)COC1CCC(CCC2CCC(C)/C=C(\C)C(O)CC(=O)C(C)CC(C)/C=C/C=C/C=C(\C)C(OC)CC3CCCC(O3)C(=O)C(=O)N3CCCCC3C(=O)O2)CC1. The highest BCUT2D eigenvalue weighted by Crippen LogP contribution is 2.37. The molecule has 30 heteroatoms. The number of methoxy groups -OCH3 is 1. The number of hydrogen-bond acceptors (Lipinski definition) is 26. The normalized spacial score (nSPS) is 25.9. The number of allylic oxidation sites excluding steroid dienone is 6. The van der Waals surface area contributed by atoms with Gasteiger partial charge in [-0.15, -0.1) is 0 Å². The molecule has 4 aromatic heterocycles. The van der Waals surface area contributed by atoms with Crippen molar-refractivity contribution in [3.63, 3.8) is 0 Å². The standard InChI is InChI=1S/C93H127N17O13/c1-61-15-10-9-11-16-63(3)82(118-8)51-75-17-14-19-81(121-75)86(114)90(116)109-36-13-12-18-77(109)91(117)122-74(27-20-62(2)48-65(5)79(112)52-78(111)64(4)47-61)30-24-66-22-28-73(29-23-66)120-59-68(53-97-7)54-98-35-39-106(38-34-96-6)83(113)33-45-119-46-44-105-40-42-107(43-41-105)93-99-55-72(56-100-93)89(115)108-37-32-69-49-67(21-25-71(69)58-108)57-110-88-84(87(94)101-60-102-88)85(104-110)70-26-31-80-76(50-70)103-92(95)123-80/h9-11,15-16,21,25-26,31,48-50,53-56,60-62,64,66,73-75,77,79,81-82,96,112H,7,12-14,17-20,22-24,27-30,32-47,51-52,57-59H2,1-6,8H3,(H2,95,103)(H2,94,101,102)/b11-9+,15-10+,63-16+,65-48+,68-53+,98-54-. The quantitative estimate of drug-likeness (QED) is 0.0129. The van der Waals surface area contributed by atoms with Gasteiger partial charge in [0.05, 0.1) is 74.7 Å². The highest BCUT2D eigenvalue weighted by atomic mass is 16.5. The zero-order valence-electron chi connectivity index (χ0n) is 72.9. The topological polar surface area (TPSA) is 369 Å². The number of esters is 1. The van der Waals surface area contributed by atoms with E-state index in [4.69, 9.17) is 49.7 Å². The summed E-state index contributed by atoms with van der Waals surface area (Å²) in [5.74, 6) is -0.759. The summed E-state index contributed by atoms with van der Waals surface area (Å²) in [5.41, 5.74) is 21.6. The van der Waals surface area contributed by atoms with Crippen molar-refractivity contribution < 1.29 is 62.0 Å².